The third-order valence-corrected chi connectivity index (χ3v) is 6.62. The summed E-state index contributed by atoms with van der Waals surface area (Å²) in [5.41, 5.74) is 3.99. The molecular formula is C26H36IN. The standard InChI is InChI=1S/C26H36IN/c1-2-3-4-5-6-7-8-9-10-11-12-13-14-21-15-17-25-23(19-21)24-20-22(27)16-18-26(24)28-25/h15-20,28H,2-14H2,1H3. The van der Waals surface area contributed by atoms with Gasteiger partial charge in [-0.3, -0.25) is 0 Å². The second kappa shape index (κ2) is 11.8. The highest BCUT2D eigenvalue weighted by atomic mass is 127. The molecule has 0 spiro atoms. The van der Waals surface area contributed by atoms with Crippen LogP contribution in [0, 0.1) is 3.57 Å². The van der Waals surface area contributed by atoms with Crippen LogP contribution in [0.5, 0.6) is 0 Å². The molecular weight excluding hydrogens is 453 g/mol. The zero-order chi connectivity index (χ0) is 19.6. The number of aryl methyl sites for hydroxylation is 1. The van der Waals surface area contributed by atoms with Crippen LogP contribution in [0.1, 0.15) is 89.5 Å². The first kappa shape index (κ1) is 21.7. The van der Waals surface area contributed by atoms with Gasteiger partial charge in [0.25, 0.3) is 0 Å². The highest BCUT2D eigenvalue weighted by molar-refractivity contribution is 14.1. The third kappa shape index (κ3) is 6.50. The van der Waals surface area contributed by atoms with Crippen molar-refractivity contribution >= 4 is 44.4 Å². The van der Waals surface area contributed by atoms with Gasteiger partial charge >= 0.3 is 0 Å². The maximum Gasteiger partial charge on any atom is 0.0465 e. The van der Waals surface area contributed by atoms with Crippen LogP contribution in [0.4, 0.5) is 0 Å². The average molecular weight is 489 g/mol. The highest BCUT2D eigenvalue weighted by Crippen LogP contribution is 2.28. The molecule has 1 heterocycles. The Hall–Kier alpha value is -1.03. The molecule has 3 aromatic rings. The number of halogens is 1. The molecule has 28 heavy (non-hydrogen) atoms. The molecule has 0 saturated heterocycles. The number of fused-ring (bicyclic) bond motifs is 3. The predicted molar refractivity (Wildman–Crippen MR) is 133 cm³/mol. The van der Waals surface area contributed by atoms with Gasteiger partial charge in [0.15, 0.2) is 0 Å². The van der Waals surface area contributed by atoms with Crippen molar-refractivity contribution in [2.45, 2.75) is 90.4 Å². The SMILES string of the molecule is CCCCCCCCCCCCCCc1ccc2[nH]c3ccc(I)cc3c2c1. The van der Waals surface area contributed by atoms with Gasteiger partial charge < -0.3 is 4.98 Å². The van der Waals surface area contributed by atoms with Gasteiger partial charge in [-0.1, -0.05) is 83.6 Å². The van der Waals surface area contributed by atoms with Crippen LogP contribution >= 0.6 is 22.6 Å². The molecule has 0 bridgehead atoms. The van der Waals surface area contributed by atoms with Crippen LogP contribution in [-0.2, 0) is 6.42 Å². The number of benzene rings is 2. The van der Waals surface area contributed by atoms with Crippen molar-refractivity contribution in [3.05, 3.63) is 45.5 Å². The van der Waals surface area contributed by atoms with E-state index < -0.39 is 0 Å². The lowest BCUT2D eigenvalue weighted by molar-refractivity contribution is 0.544. The van der Waals surface area contributed by atoms with Gasteiger partial charge in [-0.2, -0.15) is 0 Å². The molecule has 2 aromatic carbocycles. The molecule has 1 nitrogen and oxygen atoms in total. The molecule has 1 N–H and O–H groups in total. The largest absolute Gasteiger partial charge is 0.355 e. The van der Waals surface area contributed by atoms with E-state index >= 15 is 0 Å². The number of rotatable bonds is 13. The summed E-state index contributed by atoms with van der Waals surface area (Å²) in [6.07, 6.45) is 18.2. The molecule has 0 aliphatic heterocycles. The van der Waals surface area contributed by atoms with E-state index in [1.54, 1.807) is 0 Å². The lowest BCUT2D eigenvalue weighted by Gasteiger charge is -2.04. The fraction of sp³-hybridized carbons (Fsp3) is 0.538. The van der Waals surface area contributed by atoms with Gasteiger partial charge in [0.2, 0.25) is 0 Å². The molecule has 2 heteroatoms. The Kier molecular flexibility index (Phi) is 9.17. The Morgan fingerprint density at radius 2 is 1.18 bits per heavy atom. The number of hydrogen-bond donors (Lipinski definition) is 1. The second-order valence-electron chi connectivity index (χ2n) is 8.33. The summed E-state index contributed by atoms with van der Waals surface area (Å²) in [7, 11) is 0. The fourth-order valence-corrected chi connectivity index (χ4v) is 4.73. The number of aromatic nitrogens is 1. The summed E-state index contributed by atoms with van der Waals surface area (Å²) in [6, 6.07) is 13.6. The van der Waals surface area contributed by atoms with Crippen molar-refractivity contribution in [3.63, 3.8) is 0 Å². The van der Waals surface area contributed by atoms with Gasteiger partial charge in [0.05, 0.1) is 0 Å². The Bertz CT molecular complexity index is 848. The van der Waals surface area contributed by atoms with E-state index in [0.29, 0.717) is 0 Å². The van der Waals surface area contributed by atoms with Crippen LogP contribution in [0.2, 0.25) is 0 Å². The van der Waals surface area contributed by atoms with Crippen LogP contribution in [0.3, 0.4) is 0 Å². The first-order valence-corrected chi connectivity index (χ1v) is 12.6. The second-order valence-corrected chi connectivity index (χ2v) is 9.58. The van der Waals surface area contributed by atoms with Crippen molar-refractivity contribution in [1.29, 1.82) is 0 Å². The van der Waals surface area contributed by atoms with E-state index in [9.17, 15) is 0 Å². The molecule has 0 saturated carbocycles. The molecule has 3 rings (SSSR count). The minimum atomic E-state index is 1.21. The molecule has 0 aliphatic carbocycles. The lowest BCUT2D eigenvalue weighted by Crippen LogP contribution is -1.87. The highest BCUT2D eigenvalue weighted by Gasteiger charge is 2.06. The van der Waals surface area contributed by atoms with Gasteiger partial charge in [0.1, 0.15) is 0 Å². The zero-order valence-electron chi connectivity index (χ0n) is 17.5. The number of H-pyrrole nitrogens is 1. The quantitative estimate of drug-likeness (QED) is 0.182. The van der Waals surface area contributed by atoms with E-state index in [1.807, 2.05) is 0 Å². The number of aromatic amines is 1. The van der Waals surface area contributed by atoms with Crippen molar-refractivity contribution in [1.82, 2.24) is 4.98 Å². The van der Waals surface area contributed by atoms with E-state index in [0.717, 1.165) is 0 Å². The van der Waals surface area contributed by atoms with Crippen molar-refractivity contribution in [2.24, 2.45) is 0 Å². The van der Waals surface area contributed by atoms with Crippen molar-refractivity contribution < 1.29 is 0 Å². The third-order valence-electron chi connectivity index (χ3n) is 5.94. The summed E-state index contributed by atoms with van der Waals surface area (Å²) in [5, 5.41) is 2.74. The molecule has 0 amide bonds. The Balaban J connectivity index is 1.33. The molecule has 0 atom stereocenters. The Labute approximate surface area is 184 Å². The van der Waals surface area contributed by atoms with Crippen LogP contribution in [-0.4, -0.2) is 4.98 Å². The Morgan fingerprint density at radius 1 is 0.643 bits per heavy atom. The lowest BCUT2D eigenvalue weighted by atomic mass is 10.0. The summed E-state index contributed by atoms with van der Waals surface area (Å²) >= 11 is 2.40. The molecule has 0 radical (unpaired) electrons. The monoisotopic (exact) mass is 489 g/mol. The average Bonchev–Trinajstić information content (AvgIpc) is 3.06. The van der Waals surface area contributed by atoms with Crippen LogP contribution in [0.25, 0.3) is 21.8 Å². The predicted octanol–water partition coefficient (Wildman–Crippen LogP) is 9.17. The maximum atomic E-state index is 3.54. The van der Waals surface area contributed by atoms with E-state index in [-0.39, 0.29) is 0 Å². The molecule has 0 aliphatic rings. The van der Waals surface area contributed by atoms with Crippen LogP contribution < -0.4 is 0 Å². The number of nitrogens with one attached hydrogen (secondary N) is 1. The molecule has 152 valence electrons. The van der Waals surface area contributed by atoms with Gasteiger partial charge in [0, 0.05) is 25.4 Å². The van der Waals surface area contributed by atoms with Crippen molar-refractivity contribution in [2.75, 3.05) is 0 Å². The number of unbranched alkanes of at least 4 members (excludes halogenated alkanes) is 11. The van der Waals surface area contributed by atoms with E-state index in [2.05, 4.69) is 70.9 Å². The maximum absolute atomic E-state index is 3.54. The topological polar surface area (TPSA) is 15.8 Å². The smallest absolute Gasteiger partial charge is 0.0465 e. The van der Waals surface area contributed by atoms with Gasteiger partial charge in [-0.05, 0) is 71.3 Å². The summed E-state index contributed by atoms with van der Waals surface area (Å²) in [4.78, 5) is 3.54. The van der Waals surface area contributed by atoms with Gasteiger partial charge in [-0.25, -0.2) is 0 Å². The molecule has 0 unspecified atom stereocenters. The summed E-state index contributed by atoms with van der Waals surface area (Å²) in [5.74, 6) is 0. The first-order chi connectivity index (χ1) is 13.8. The minimum Gasteiger partial charge on any atom is -0.355 e. The summed E-state index contributed by atoms with van der Waals surface area (Å²) in [6.45, 7) is 2.29. The molecule has 0 fully saturated rings. The first-order valence-electron chi connectivity index (χ1n) is 11.5. The summed E-state index contributed by atoms with van der Waals surface area (Å²) < 4.78 is 1.30. The normalized spacial score (nSPS) is 11.6. The molecule has 1 aromatic heterocycles. The minimum absolute atomic E-state index is 1.21. The van der Waals surface area contributed by atoms with Crippen molar-refractivity contribution in [3.8, 4) is 0 Å². The Morgan fingerprint density at radius 3 is 1.82 bits per heavy atom. The van der Waals surface area contributed by atoms with E-state index in [1.165, 1.54) is 114 Å². The fourth-order valence-electron chi connectivity index (χ4n) is 4.24. The van der Waals surface area contributed by atoms with E-state index in [4.69, 9.17) is 0 Å². The number of hydrogen-bond acceptors (Lipinski definition) is 0. The van der Waals surface area contributed by atoms with Crippen LogP contribution in [0.15, 0.2) is 36.4 Å². The van der Waals surface area contributed by atoms with Gasteiger partial charge in [-0.15, -0.1) is 0 Å². The zero-order valence-corrected chi connectivity index (χ0v) is 19.7.